The summed E-state index contributed by atoms with van der Waals surface area (Å²) in [7, 11) is 0. The first-order valence-electron chi connectivity index (χ1n) is 13.3. The number of aliphatic hydroxyl groups is 2. The van der Waals surface area contributed by atoms with Gasteiger partial charge in [-0.05, 0) is 59.7 Å². The quantitative estimate of drug-likeness (QED) is 0.192. The zero-order valence-electron chi connectivity index (χ0n) is 22.6. The van der Waals surface area contributed by atoms with Crippen LogP contribution in [-0.4, -0.2) is 58.0 Å². The van der Waals surface area contributed by atoms with E-state index in [1.165, 1.54) is 6.07 Å². The summed E-state index contributed by atoms with van der Waals surface area (Å²) >= 11 is 6.08. The molecule has 0 aliphatic rings. The van der Waals surface area contributed by atoms with Gasteiger partial charge in [0.2, 0.25) is 5.91 Å². The van der Waals surface area contributed by atoms with E-state index in [9.17, 15) is 19.4 Å². The van der Waals surface area contributed by atoms with Crippen molar-refractivity contribution in [1.82, 2.24) is 14.9 Å². The van der Waals surface area contributed by atoms with Crippen molar-refractivity contribution >= 4 is 34.2 Å². The second-order valence-electron chi connectivity index (χ2n) is 10.0. The lowest BCUT2D eigenvalue weighted by atomic mass is 10.0. The van der Waals surface area contributed by atoms with Crippen LogP contribution in [0, 0.1) is 5.82 Å². The van der Waals surface area contributed by atoms with Crippen LogP contribution in [-0.2, 0) is 11.3 Å². The maximum absolute atomic E-state index is 13.9. The number of nitrogens with one attached hydrogen (secondary N) is 1. The number of fused-ring (bicyclic) bond motifs is 1. The minimum absolute atomic E-state index is 0.0253. The number of carbonyl (C=O) groups excluding carboxylic acids is 1. The smallest absolute Gasteiger partial charge is 0.219 e. The van der Waals surface area contributed by atoms with Crippen LogP contribution in [0.15, 0.2) is 60.7 Å². The maximum atomic E-state index is 13.9. The SMILES string of the molecule is CC(C)NC(CC(N)=O)c1ccc2c(c1)nc(-c1ccc(N(CCO)CCO)cc1)n2Cc1ccc(F)c(Cl)c1. The van der Waals surface area contributed by atoms with Gasteiger partial charge in [-0.1, -0.05) is 37.6 Å². The van der Waals surface area contributed by atoms with Gasteiger partial charge in [0.1, 0.15) is 11.6 Å². The third-order valence-electron chi connectivity index (χ3n) is 6.67. The molecule has 0 bridgehead atoms. The van der Waals surface area contributed by atoms with Gasteiger partial charge in [-0.3, -0.25) is 4.79 Å². The van der Waals surface area contributed by atoms with E-state index in [0.717, 1.165) is 33.4 Å². The molecule has 4 rings (SSSR count). The predicted octanol–water partition coefficient (Wildman–Crippen LogP) is 4.25. The van der Waals surface area contributed by atoms with Crippen LogP contribution < -0.4 is 16.0 Å². The van der Waals surface area contributed by atoms with Crippen LogP contribution in [0.2, 0.25) is 5.02 Å². The molecule has 1 amide bonds. The Balaban J connectivity index is 1.80. The second-order valence-corrected chi connectivity index (χ2v) is 10.5. The van der Waals surface area contributed by atoms with E-state index in [0.29, 0.717) is 25.5 Å². The highest BCUT2D eigenvalue weighted by atomic mass is 35.5. The summed E-state index contributed by atoms with van der Waals surface area (Å²) in [5.74, 6) is -0.165. The van der Waals surface area contributed by atoms with Gasteiger partial charge >= 0.3 is 0 Å². The van der Waals surface area contributed by atoms with Gasteiger partial charge in [-0.25, -0.2) is 9.37 Å². The molecule has 212 valence electrons. The summed E-state index contributed by atoms with van der Waals surface area (Å²) in [4.78, 5) is 18.7. The summed E-state index contributed by atoms with van der Waals surface area (Å²) in [5.41, 5.74) is 10.6. The topological polar surface area (TPSA) is 117 Å². The van der Waals surface area contributed by atoms with Gasteiger partial charge in [-0.2, -0.15) is 0 Å². The molecule has 40 heavy (non-hydrogen) atoms. The Labute approximate surface area is 238 Å². The van der Waals surface area contributed by atoms with Gasteiger partial charge in [0.25, 0.3) is 0 Å². The van der Waals surface area contributed by atoms with Crippen LogP contribution in [0.4, 0.5) is 10.1 Å². The van der Waals surface area contributed by atoms with Crippen molar-refractivity contribution in [1.29, 1.82) is 0 Å². The molecule has 1 unspecified atom stereocenters. The highest BCUT2D eigenvalue weighted by Crippen LogP contribution is 2.31. The number of imidazole rings is 1. The minimum atomic E-state index is -0.477. The summed E-state index contributed by atoms with van der Waals surface area (Å²) in [6.45, 7) is 5.19. The van der Waals surface area contributed by atoms with Gasteiger partial charge in [0, 0.05) is 49.4 Å². The average molecular weight is 568 g/mol. The van der Waals surface area contributed by atoms with E-state index in [1.54, 1.807) is 12.1 Å². The number of carbonyl (C=O) groups is 1. The van der Waals surface area contributed by atoms with Crippen molar-refractivity contribution in [2.75, 3.05) is 31.2 Å². The fourth-order valence-corrected chi connectivity index (χ4v) is 5.08. The third-order valence-corrected chi connectivity index (χ3v) is 6.96. The largest absolute Gasteiger partial charge is 0.395 e. The molecule has 0 saturated carbocycles. The number of amides is 1. The summed E-state index contributed by atoms with van der Waals surface area (Å²) in [6, 6.07) is 18.2. The number of benzene rings is 3. The number of nitrogens with zero attached hydrogens (tertiary/aromatic N) is 3. The molecule has 3 aromatic carbocycles. The van der Waals surface area contributed by atoms with Crippen molar-refractivity contribution in [3.8, 4) is 11.4 Å². The van der Waals surface area contributed by atoms with E-state index >= 15 is 0 Å². The van der Waals surface area contributed by atoms with E-state index in [4.69, 9.17) is 22.3 Å². The molecule has 1 heterocycles. The highest BCUT2D eigenvalue weighted by molar-refractivity contribution is 6.30. The molecule has 1 atom stereocenters. The normalized spacial score (nSPS) is 12.3. The van der Waals surface area contributed by atoms with Crippen molar-refractivity contribution in [3.63, 3.8) is 0 Å². The third kappa shape index (κ3) is 6.98. The van der Waals surface area contributed by atoms with Crippen LogP contribution in [0.3, 0.4) is 0 Å². The first-order valence-corrected chi connectivity index (χ1v) is 13.6. The lowest BCUT2D eigenvalue weighted by Gasteiger charge is -2.23. The molecule has 5 N–H and O–H groups in total. The molecule has 8 nitrogen and oxygen atoms in total. The highest BCUT2D eigenvalue weighted by Gasteiger charge is 2.19. The van der Waals surface area contributed by atoms with E-state index < -0.39 is 11.7 Å². The van der Waals surface area contributed by atoms with Gasteiger partial charge in [0.15, 0.2) is 0 Å². The van der Waals surface area contributed by atoms with Crippen LogP contribution >= 0.6 is 11.6 Å². The Kier molecular flexibility index (Phi) is 9.76. The Morgan fingerprint density at radius 3 is 2.38 bits per heavy atom. The fourth-order valence-electron chi connectivity index (χ4n) is 4.87. The number of anilines is 1. The Hall–Kier alpha value is -3.50. The zero-order valence-corrected chi connectivity index (χ0v) is 23.4. The predicted molar refractivity (Wildman–Crippen MR) is 157 cm³/mol. The number of aromatic nitrogens is 2. The number of nitrogens with two attached hydrogens (primary N) is 1. The zero-order chi connectivity index (χ0) is 28.8. The molecule has 0 spiro atoms. The van der Waals surface area contributed by atoms with Crippen molar-refractivity contribution < 1.29 is 19.4 Å². The molecule has 0 radical (unpaired) electrons. The number of hydrogen-bond acceptors (Lipinski definition) is 6. The fraction of sp³-hybridized carbons (Fsp3) is 0.333. The van der Waals surface area contributed by atoms with Gasteiger partial charge < -0.3 is 30.7 Å². The molecule has 0 saturated heterocycles. The number of aliphatic hydroxyl groups excluding tert-OH is 2. The molecule has 10 heteroatoms. The molecular formula is C30H35ClFN5O3. The van der Waals surface area contributed by atoms with Crippen molar-refractivity contribution in [2.24, 2.45) is 5.73 Å². The first-order chi connectivity index (χ1) is 19.2. The van der Waals surface area contributed by atoms with Crippen molar-refractivity contribution in [3.05, 3.63) is 82.6 Å². The lowest BCUT2D eigenvalue weighted by molar-refractivity contribution is -0.118. The van der Waals surface area contributed by atoms with E-state index in [1.807, 2.05) is 61.2 Å². The lowest BCUT2D eigenvalue weighted by Crippen LogP contribution is -2.31. The standard InChI is InChI=1S/C30H35ClFN5O3/c1-19(2)34-26(17-29(33)40)22-6-10-28-27(16-22)35-30(37(28)18-20-3-9-25(32)24(31)15-20)21-4-7-23(8-5-21)36(11-13-38)12-14-39/h3-10,15-16,19,26,34,38-39H,11-14,17-18H2,1-2H3,(H2,33,40). The monoisotopic (exact) mass is 567 g/mol. The minimum Gasteiger partial charge on any atom is -0.395 e. The molecule has 4 aromatic rings. The van der Waals surface area contributed by atoms with Crippen molar-refractivity contribution in [2.45, 2.75) is 38.9 Å². The first kappa shape index (κ1) is 29.5. The molecule has 0 fully saturated rings. The molecule has 0 aliphatic heterocycles. The molecule has 0 aliphatic carbocycles. The van der Waals surface area contributed by atoms with Crippen LogP contribution in [0.1, 0.15) is 37.4 Å². The van der Waals surface area contributed by atoms with E-state index in [-0.39, 0.29) is 36.7 Å². The number of halogens is 2. The van der Waals surface area contributed by atoms with Gasteiger partial charge in [0.05, 0.1) is 29.3 Å². The van der Waals surface area contributed by atoms with Gasteiger partial charge in [-0.15, -0.1) is 0 Å². The number of hydrogen-bond donors (Lipinski definition) is 4. The van der Waals surface area contributed by atoms with Crippen LogP contribution in [0.5, 0.6) is 0 Å². The Morgan fingerprint density at radius 1 is 1.07 bits per heavy atom. The molecular weight excluding hydrogens is 533 g/mol. The summed E-state index contributed by atoms with van der Waals surface area (Å²) in [6.07, 6.45) is 0.158. The Morgan fingerprint density at radius 2 is 1.77 bits per heavy atom. The summed E-state index contributed by atoms with van der Waals surface area (Å²) in [5, 5.41) is 22.3. The Bertz CT molecular complexity index is 1450. The number of rotatable bonds is 13. The molecule has 1 aromatic heterocycles. The second kappa shape index (κ2) is 13.2. The summed E-state index contributed by atoms with van der Waals surface area (Å²) < 4.78 is 15.9. The number of primary amides is 1. The van der Waals surface area contributed by atoms with Crippen LogP contribution in [0.25, 0.3) is 22.4 Å². The van der Waals surface area contributed by atoms with E-state index in [2.05, 4.69) is 9.88 Å². The average Bonchev–Trinajstić information content (AvgIpc) is 3.27. The maximum Gasteiger partial charge on any atom is 0.219 e.